The molecule has 3 heterocycles. The first-order valence-corrected chi connectivity index (χ1v) is 10.1. The minimum Gasteiger partial charge on any atom is -0.380 e. The van der Waals surface area contributed by atoms with Gasteiger partial charge < -0.3 is 9.64 Å². The molecule has 0 aromatic carbocycles. The lowest BCUT2D eigenvalue weighted by Gasteiger charge is -2.56. The third-order valence-corrected chi connectivity index (χ3v) is 7.01. The number of likely N-dealkylation sites (tertiary alicyclic amines) is 2. The summed E-state index contributed by atoms with van der Waals surface area (Å²) >= 11 is 0. The van der Waals surface area contributed by atoms with Crippen molar-refractivity contribution in [3.8, 4) is 0 Å². The number of Topliss-reactive ketones (excluding diaryl/α,β-unsaturated/α-hetero) is 1. The highest BCUT2D eigenvalue weighted by Crippen LogP contribution is 2.50. The molecule has 4 heteroatoms. The van der Waals surface area contributed by atoms with Crippen LogP contribution in [-0.4, -0.2) is 67.6 Å². The summed E-state index contributed by atoms with van der Waals surface area (Å²) < 4.78 is 5.75. The third-order valence-electron chi connectivity index (χ3n) is 7.01. The van der Waals surface area contributed by atoms with E-state index in [0.717, 1.165) is 38.1 Å². The highest BCUT2D eigenvalue weighted by atomic mass is 16.5. The predicted molar refractivity (Wildman–Crippen MR) is 97.1 cm³/mol. The maximum Gasteiger partial charge on any atom is 0.146 e. The molecule has 138 valence electrons. The van der Waals surface area contributed by atoms with E-state index < -0.39 is 0 Å². The minimum atomic E-state index is 0.385. The first-order chi connectivity index (χ1) is 11.5. The first kappa shape index (κ1) is 18.3. The van der Waals surface area contributed by atoms with Gasteiger partial charge >= 0.3 is 0 Å². The van der Waals surface area contributed by atoms with E-state index in [-0.39, 0.29) is 0 Å². The number of ether oxygens (including phenoxy) is 1. The number of hydrogen-bond donors (Lipinski definition) is 0. The molecule has 0 bridgehead atoms. The molecule has 3 fully saturated rings. The van der Waals surface area contributed by atoms with Crippen LogP contribution in [0, 0.1) is 17.3 Å². The fourth-order valence-electron chi connectivity index (χ4n) is 5.16. The van der Waals surface area contributed by atoms with Gasteiger partial charge in [0.05, 0.1) is 19.8 Å². The van der Waals surface area contributed by atoms with Crippen LogP contribution in [-0.2, 0) is 9.53 Å². The maximum absolute atomic E-state index is 11.7. The van der Waals surface area contributed by atoms with Crippen molar-refractivity contribution < 1.29 is 9.53 Å². The average Bonchev–Trinajstić information content (AvgIpc) is 2.56. The van der Waals surface area contributed by atoms with E-state index in [9.17, 15) is 4.79 Å². The van der Waals surface area contributed by atoms with Crippen LogP contribution in [0.25, 0.3) is 0 Å². The van der Waals surface area contributed by atoms with Crippen LogP contribution in [0.2, 0.25) is 0 Å². The summed E-state index contributed by atoms with van der Waals surface area (Å²) in [6.45, 7) is 14.0. The smallest absolute Gasteiger partial charge is 0.146 e. The topological polar surface area (TPSA) is 32.8 Å². The van der Waals surface area contributed by atoms with Crippen LogP contribution in [0.15, 0.2) is 0 Å². The Bertz CT molecular complexity index is 417. The molecule has 0 aliphatic carbocycles. The molecule has 3 aliphatic heterocycles. The molecule has 0 amide bonds. The van der Waals surface area contributed by atoms with E-state index in [0.29, 0.717) is 30.2 Å². The molecule has 0 aromatic rings. The lowest BCUT2D eigenvalue weighted by Crippen LogP contribution is -2.58. The Balaban J connectivity index is 1.54. The summed E-state index contributed by atoms with van der Waals surface area (Å²) in [6, 6.07) is 0.680. The monoisotopic (exact) mass is 336 g/mol. The Morgan fingerprint density at radius 1 is 1.04 bits per heavy atom. The second kappa shape index (κ2) is 7.84. The maximum atomic E-state index is 11.7. The average molecular weight is 337 g/mol. The van der Waals surface area contributed by atoms with Crippen LogP contribution < -0.4 is 0 Å². The van der Waals surface area contributed by atoms with Crippen molar-refractivity contribution in [3.63, 3.8) is 0 Å². The fraction of sp³-hybridized carbons (Fsp3) is 0.950. The molecule has 0 spiro atoms. The largest absolute Gasteiger partial charge is 0.380 e. The first-order valence-electron chi connectivity index (χ1n) is 10.1. The molecule has 4 nitrogen and oxygen atoms in total. The number of hydrogen-bond acceptors (Lipinski definition) is 4. The van der Waals surface area contributed by atoms with Gasteiger partial charge in [0.25, 0.3) is 0 Å². The summed E-state index contributed by atoms with van der Waals surface area (Å²) in [5, 5.41) is 0. The quantitative estimate of drug-likeness (QED) is 0.747. The van der Waals surface area contributed by atoms with E-state index in [4.69, 9.17) is 4.74 Å². The van der Waals surface area contributed by atoms with Crippen molar-refractivity contribution in [2.24, 2.45) is 17.3 Å². The van der Waals surface area contributed by atoms with Gasteiger partial charge in [-0.2, -0.15) is 0 Å². The highest BCUT2D eigenvalue weighted by molar-refractivity contribution is 5.80. The summed E-state index contributed by atoms with van der Waals surface area (Å²) in [5.74, 6) is 2.03. The molecule has 0 radical (unpaired) electrons. The van der Waals surface area contributed by atoms with Gasteiger partial charge in [0, 0.05) is 17.9 Å². The lowest BCUT2D eigenvalue weighted by atomic mass is 9.59. The van der Waals surface area contributed by atoms with Crippen molar-refractivity contribution in [2.75, 3.05) is 45.9 Å². The Morgan fingerprint density at radius 3 is 2.00 bits per heavy atom. The van der Waals surface area contributed by atoms with Crippen LogP contribution >= 0.6 is 0 Å². The standard InChI is InChI=1S/C20H36N2O2/c1-4-19(23)13-21-9-5-17(6-10-21)20(14-24-15-20)18-7-11-22(12-8-18)16(2)3/h16-18H,4-15H2,1-3H3. The van der Waals surface area contributed by atoms with Gasteiger partial charge in [-0.1, -0.05) is 6.92 Å². The SMILES string of the molecule is CCC(=O)CN1CCC(C2(C3CCN(C(C)C)CC3)COC2)CC1. The summed E-state index contributed by atoms with van der Waals surface area (Å²) in [7, 11) is 0. The number of rotatable bonds is 6. The highest BCUT2D eigenvalue weighted by Gasteiger charge is 2.51. The molecule has 0 saturated carbocycles. The zero-order valence-electron chi connectivity index (χ0n) is 15.9. The summed E-state index contributed by atoms with van der Waals surface area (Å²) in [4.78, 5) is 16.7. The lowest BCUT2D eigenvalue weighted by molar-refractivity contribution is -0.195. The zero-order chi connectivity index (χ0) is 17.2. The van der Waals surface area contributed by atoms with Gasteiger partial charge in [-0.05, 0) is 77.5 Å². The Morgan fingerprint density at radius 2 is 1.58 bits per heavy atom. The number of carbonyl (C=O) groups excluding carboxylic acids is 1. The molecular weight excluding hydrogens is 300 g/mol. The van der Waals surface area contributed by atoms with Gasteiger partial charge in [-0.15, -0.1) is 0 Å². The van der Waals surface area contributed by atoms with E-state index in [1.807, 2.05) is 6.92 Å². The second-order valence-corrected chi connectivity index (χ2v) is 8.57. The molecular formula is C20H36N2O2. The zero-order valence-corrected chi connectivity index (χ0v) is 15.9. The summed E-state index contributed by atoms with van der Waals surface area (Å²) in [6.07, 6.45) is 5.87. The molecule has 3 rings (SSSR count). The van der Waals surface area contributed by atoms with Gasteiger partial charge in [-0.25, -0.2) is 0 Å². The van der Waals surface area contributed by atoms with E-state index in [1.165, 1.54) is 38.8 Å². The number of piperidine rings is 2. The van der Waals surface area contributed by atoms with E-state index >= 15 is 0 Å². The van der Waals surface area contributed by atoms with Crippen molar-refractivity contribution in [1.29, 1.82) is 0 Å². The van der Waals surface area contributed by atoms with Crippen molar-refractivity contribution >= 4 is 5.78 Å². The van der Waals surface area contributed by atoms with Crippen molar-refractivity contribution in [1.82, 2.24) is 9.80 Å². The van der Waals surface area contributed by atoms with Crippen molar-refractivity contribution in [2.45, 2.75) is 58.9 Å². The van der Waals surface area contributed by atoms with Crippen LogP contribution in [0.3, 0.4) is 0 Å². The number of carbonyl (C=O) groups is 1. The number of ketones is 1. The van der Waals surface area contributed by atoms with Crippen LogP contribution in [0.5, 0.6) is 0 Å². The van der Waals surface area contributed by atoms with E-state index in [1.54, 1.807) is 0 Å². The van der Waals surface area contributed by atoms with Gasteiger partial charge in [0.15, 0.2) is 0 Å². The fourth-order valence-corrected chi connectivity index (χ4v) is 5.16. The molecule has 3 aliphatic rings. The second-order valence-electron chi connectivity index (χ2n) is 8.57. The Hall–Kier alpha value is -0.450. The Kier molecular flexibility index (Phi) is 5.99. The normalized spacial score (nSPS) is 27.3. The van der Waals surface area contributed by atoms with Crippen LogP contribution in [0.4, 0.5) is 0 Å². The Labute approximate surface area is 147 Å². The van der Waals surface area contributed by atoms with Gasteiger partial charge in [0.2, 0.25) is 0 Å². The predicted octanol–water partition coefficient (Wildman–Crippen LogP) is 2.81. The molecule has 3 saturated heterocycles. The van der Waals surface area contributed by atoms with Crippen molar-refractivity contribution in [3.05, 3.63) is 0 Å². The summed E-state index contributed by atoms with van der Waals surface area (Å²) in [5.41, 5.74) is 0.448. The van der Waals surface area contributed by atoms with Gasteiger partial charge in [-0.3, -0.25) is 9.69 Å². The van der Waals surface area contributed by atoms with E-state index in [2.05, 4.69) is 23.6 Å². The minimum absolute atomic E-state index is 0.385. The molecule has 0 N–H and O–H groups in total. The molecule has 0 aromatic heterocycles. The van der Waals surface area contributed by atoms with Crippen LogP contribution in [0.1, 0.15) is 52.9 Å². The third kappa shape index (κ3) is 3.71. The molecule has 24 heavy (non-hydrogen) atoms. The van der Waals surface area contributed by atoms with Gasteiger partial charge in [0.1, 0.15) is 5.78 Å². The molecule has 0 unspecified atom stereocenters. The number of nitrogens with zero attached hydrogens (tertiary/aromatic N) is 2. The molecule has 0 atom stereocenters.